The van der Waals surface area contributed by atoms with Crippen LogP contribution >= 0.6 is 22.7 Å². The maximum absolute atomic E-state index is 13.3. The van der Waals surface area contributed by atoms with Gasteiger partial charge in [0.25, 0.3) is 11.8 Å². The van der Waals surface area contributed by atoms with Crippen LogP contribution in [0.1, 0.15) is 39.8 Å². The lowest BCUT2D eigenvalue weighted by molar-refractivity contribution is 0.0907. The van der Waals surface area contributed by atoms with E-state index < -0.39 is 0 Å². The lowest BCUT2D eigenvalue weighted by atomic mass is 10.1. The van der Waals surface area contributed by atoms with E-state index in [1.54, 1.807) is 22.7 Å². The molecule has 0 aliphatic carbocycles. The molecule has 0 saturated carbocycles. The number of nitrogen functional groups attached to an aromatic ring is 1. The van der Waals surface area contributed by atoms with Crippen LogP contribution < -0.4 is 16.4 Å². The number of hydrogen-bond donors (Lipinski definition) is 4. The number of anilines is 1. The van der Waals surface area contributed by atoms with Crippen molar-refractivity contribution < 1.29 is 14.7 Å². The summed E-state index contributed by atoms with van der Waals surface area (Å²) < 4.78 is 2.59. The first-order valence-electron chi connectivity index (χ1n) is 11.4. The SMILES string of the molecule is CC[C@H](CO)NC(=O)c1c(-c2ccsc2)nc2c(C(=O)NCc3ccc4nc(N)sc4c3)cccn12. The molecule has 9 nitrogen and oxygen atoms in total. The molecule has 1 atom stereocenters. The van der Waals surface area contributed by atoms with Gasteiger partial charge in [0.15, 0.2) is 10.8 Å². The topological polar surface area (TPSA) is 135 Å². The molecule has 36 heavy (non-hydrogen) atoms. The number of aliphatic hydroxyl groups is 1. The Labute approximate surface area is 214 Å². The van der Waals surface area contributed by atoms with Crippen LogP contribution in [0.3, 0.4) is 0 Å². The number of thiazole rings is 1. The minimum absolute atomic E-state index is 0.166. The molecule has 0 spiro atoms. The summed E-state index contributed by atoms with van der Waals surface area (Å²) in [6, 6.07) is 10.7. The quantitative estimate of drug-likeness (QED) is 0.247. The first kappa shape index (κ1) is 23.9. The van der Waals surface area contributed by atoms with E-state index in [9.17, 15) is 14.7 Å². The van der Waals surface area contributed by atoms with Crippen molar-refractivity contribution in [1.82, 2.24) is 25.0 Å². The molecule has 0 radical (unpaired) electrons. The van der Waals surface area contributed by atoms with E-state index in [0.717, 1.165) is 21.3 Å². The molecule has 11 heteroatoms. The fourth-order valence-electron chi connectivity index (χ4n) is 3.97. The zero-order chi connectivity index (χ0) is 25.2. The van der Waals surface area contributed by atoms with Gasteiger partial charge in [-0.2, -0.15) is 11.3 Å². The molecule has 5 aromatic rings. The van der Waals surface area contributed by atoms with Gasteiger partial charge in [0.1, 0.15) is 11.4 Å². The van der Waals surface area contributed by atoms with Gasteiger partial charge in [-0.1, -0.05) is 24.3 Å². The Morgan fingerprint density at radius 1 is 1.19 bits per heavy atom. The fourth-order valence-corrected chi connectivity index (χ4v) is 5.41. The Bertz CT molecular complexity index is 1550. The van der Waals surface area contributed by atoms with Crippen LogP contribution in [-0.2, 0) is 6.54 Å². The van der Waals surface area contributed by atoms with Gasteiger partial charge in [0, 0.05) is 23.7 Å². The Morgan fingerprint density at radius 3 is 2.81 bits per heavy atom. The van der Waals surface area contributed by atoms with Crippen molar-refractivity contribution in [3.63, 3.8) is 0 Å². The van der Waals surface area contributed by atoms with E-state index in [1.807, 2.05) is 41.9 Å². The van der Waals surface area contributed by atoms with Crippen LogP contribution in [0, 0.1) is 0 Å². The van der Waals surface area contributed by atoms with E-state index in [1.165, 1.54) is 22.7 Å². The minimum Gasteiger partial charge on any atom is -0.394 e. The van der Waals surface area contributed by atoms with Crippen molar-refractivity contribution in [2.45, 2.75) is 25.9 Å². The maximum Gasteiger partial charge on any atom is 0.270 e. The number of fused-ring (bicyclic) bond motifs is 2. The van der Waals surface area contributed by atoms with Crippen molar-refractivity contribution in [3.8, 4) is 11.3 Å². The van der Waals surface area contributed by atoms with Crippen LogP contribution in [0.5, 0.6) is 0 Å². The second kappa shape index (κ2) is 10.1. The van der Waals surface area contributed by atoms with Crippen LogP contribution in [0.15, 0.2) is 53.4 Å². The molecule has 0 aliphatic heterocycles. The van der Waals surface area contributed by atoms with Crippen molar-refractivity contribution >= 4 is 55.5 Å². The molecule has 1 aromatic carbocycles. The molecular weight excluding hydrogens is 496 g/mol. The molecule has 0 saturated heterocycles. The number of thiophene rings is 1. The summed E-state index contributed by atoms with van der Waals surface area (Å²) in [7, 11) is 0. The molecule has 2 amide bonds. The zero-order valence-electron chi connectivity index (χ0n) is 19.4. The summed E-state index contributed by atoms with van der Waals surface area (Å²) >= 11 is 2.89. The number of nitrogens with zero attached hydrogens (tertiary/aromatic N) is 3. The predicted octanol–water partition coefficient (Wildman–Crippen LogP) is 3.69. The van der Waals surface area contributed by atoms with Crippen LogP contribution in [0.4, 0.5) is 5.13 Å². The third-order valence-corrected chi connectivity index (χ3v) is 7.41. The third-order valence-electron chi connectivity index (χ3n) is 5.88. The van der Waals surface area contributed by atoms with E-state index >= 15 is 0 Å². The molecule has 4 aromatic heterocycles. The second-order valence-corrected chi connectivity index (χ2v) is 10.1. The summed E-state index contributed by atoms with van der Waals surface area (Å²) in [6.07, 6.45) is 2.30. The number of hydrogen-bond acceptors (Lipinski definition) is 8. The summed E-state index contributed by atoms with van der Waals surface area (Å²) in [5, 5.41) is 19.7. The van der Waals surface area contributed by atoms with Crippen molar-refractivity contribution in [3.05, 3.63) is 70.2 Å². The molecule has 0 fully saturated rings. The molecule has 0 bridgehead atoms. The van der Waals surface area contributed by atoms with Gasteiger partial charge in [0.2, 0.25) is 0 Å². The minimum atomic E-state index is -0.379. The summed E-state index contributed by atoms with van der Waals surface area (Å²) in [6.45, 7) is 2.04. The van der Waals surface area contributed by atoms with Crippen LogP contribution in [-0.4, -0.2) is 43.9 Å². The summed E-state index contributed by atoms with van der Waals surface area (Å²) in [5.74, 6) is -0.667. The number of benzene rings is 1. The first-order valence-corrected chi connectivity index (χ1v) is 13.1. The molecular formula is C25H24N6O3S2. The average Bonchev–Trinajstić information content (AvgIpc) is 3.62. The average molecular weight is 521 g/mol. The zero-order valence-corrected chi connectivity index (χ0v) is 21.0. The van der Waals surface area contributed by atoms with Gasteiger partial charge in [-0.05, 0) is 47.7 Å². The predicted molar refractivity (Wildman–Crippen MR) is 142 cm³/mol. The molecule has 5 rings (SSSR count). The molecule has 5 N–H and O–H groups in total. The number of nitrogens with two attached hydrogens (primary N) is 1. The van der Waals surface area contributed by atoms with Gasteiger partial charge in [-0.25, -0.2) is 9.97 Å². The normalized spacial score (nSPS) is 12.2. The van der Waals surface area contributed by atoms with Crippen molar-refractivity contribution in [2.75, 3.05) is 12.3 Å². The van der Waals surface area contributed by atoms with Gasteiger partial charge in [-0.3, -0.25) is 14.0 Å². The van der Waals surface area contributed by atoms with E-state index in [4.69, 9.17) is 10.7 Å². The number of rotatable bonds is 8. The molecule has 0 unspecified atom stereocenters. The number of nitrogens with one attached hydrogen (secondary N) is 2. The Kier molecular flexibility index (Phi) is 6.68. The number of carbonyl (C=O) groups is 2. The number of pyridine rings is 1. The van der Waals surface area contributed by atoms with Gasteiger partial charge in [0.05, 0.1) is 28.4 Å². The second-order valence-electron chi connectivity index (χ2n) is 8.23. The Balaban J connectivity index is 1.48. The monoisotopic (exact) mass is 520 g/mol. The Morgan fingerprint density at radius 2 is 2.06 bits per heavy atom. The highest BCUT2D eigenvalue weighted by molar-refractivity contribution is 7.22. The van der Waals surface area contributed by atoms with E-state index in [-0.39, 0.29) is 24.5 Å². The highest BCUT2D eigenvalue weighted by atomic mass is 32.1. The maximum atomic E-state index is 13.3. The standard InChI is InChI=1S/C25H24N6O3S2/c1-2-16(12-32)28-24(34)21-20(15-7-9-35-13-15)30-22-17(4-3-8-31(21)22)23(33)27-11-14-5-6-18-19(10-14)36-25(26)29-18/h3-10,13,16,32H,2,11-12H2,1H3,(H2,26,29)(H,27,33)(H,28,34)/t16-/m1/s1. The number of carbonyl (C=O) groups excluding carboxylic acids is 2. The van der Waals surface area contributed by atoms with Crippen molar-refractivity contribution in [2.24, 2.45) is 0 Å². The molecule has 0 aliphatic rings. The third kappa shape index (κ3) is 4.55. The molecule has 184 valence electrons. The fraction of sp³-hybridized carbons (Fsp3) is 0.200. The highest BCUT2D eigenvalue weighted by Gasteiger charge is 2.25. The van der Waals surface area contributed by atoms with Crippen molar-refractivity contribution in [1.29, 1.82) is 0 Å². The number of aromatic nitrogens is 3. The van der Waals surface area contributed by atoms with Crippen LogP contribution in [0.2, 0.25) is 0 Å². The largest absolute Gasteiger partial charge is 0.394 e. The van der Waals surface area contributed by atoms with E-state index in [2.05, 4.69) is 15.6 Å². The molecule has 4 heterocycles. The first-order chi connectivity index (χ1) is 17.5. The smallest absolute Gasteiger partial charge is 0.270 e. The van der Waals surface area contributed by atoms with Crippen LogP contribution in [0.25, 0.3) is 27.1 Å². The highest BCUT2D eigenvalue weighted by Crippen LogP contribution is 2.28. The summed E-state index contributed by atoms with van der Waals surface area (Å²) in [4.78, 5) is 35.5. The summed E-state index contributed by atoms with van der Waals surface area (Å²) in [5.41, 5.74) is 9.86. The number of amides is 2. The lowest BCUT2D eigenvalue weighted by Gasteiger charge is -2.14. The van der Waals surface area contributed by atoms with Gasteiger partial charge in [-0.15, -0.1) is 0 Å². The number of aliphatic hydroxyl groups excluding tert-OH is 1. The van der Waals surface area contributed by atoms with E-state index in [0.29, 0.717) is 40.7 Å². The Hall–Kier alpha value is -3.80. The number of imidazole rings is 1. The van der Waals surface area contributed by atoms with Gasteiger partial charge >= 0.3 is 0 Å². The lowest BCUT2D eigenvalue weighted by Crippen LogP contribution is -2.37. The van der Waals surface area contributed by atoms with Gasteiger partial charge < -0.3 is 21.5 Å².